The lowest BCUT2D eigenvalue weighted by atomic mass is 10.00. The number of esters is 1. The fraction of sp³-hybridized carbons (Fsp3) is 0.324. The molecule has 10 nitrogen and oxygen atoms in total. The molecule has 1 N–H and O–H groups in total. The minimum Gasteiger partial charge on any atom is -0.454 e. The fourth-order valence-corrected chi connectivity index (χ4v) is 6.14. The number of halogens is 3. The van der Waals surface area contributed by atoms with Crippen molar-refractivity contribution in [3.8, 4) is 17.0 Å². The van der Waals surface area contributed by atoms with Crippen LogP contribution >= 0.6 is 11.8 Å². The van der Waals surface area contributed by atoms with Gasteiger partial charge in [-0.05, 0) is 78.0 Å². The molecule has 0 saturated heterocycles. The van der Waals surface area contributed by atoms with Crippen LogP contribution in [0.5, 0.6) is 5.75 Å². The first-order valence-electron chi connectivity index (χ1n) is 16.2. The van der Waals surface area contributed by atoms with Gasteiger partial charge in [0.25, 0.3) is 5.91 Å². The van der Waals surface area contributed by atoms with Gasteiger partial charge >= 0.3 is 12.3 Å². The Hall–Kier alpha value is -5.11. The van der Waals surface area contributed by atoms with Crippen molar-refractivity contribution in [3.63, 3.8) is 0 Å². The Morgan fingerprint density at radius 2 is 1.78 bits per heavy atom. The molecular weight excluding hydrogens is 682 g/mol. The number of fused-ring (bicyclic) bond motifs is 1. The third-order valence-corrected chi connectivity index (χ3v) is 8.76. The van der Waals surface area contributed by atoms with Crippen LogP contribution in [0.1, 0.15) is 71.8 Å². The maximum absolute atomic E-state index is 13.3. The zero-order valence-corrected chi connectivity index (χ0v) is 30.1. The summed E-state index contributed by atoms with van der Waals surface area (Å²) in [6.45, 7) is 11.7. The predicted molar refractivity (Wildman–Crippen MR) is 194 cm³/mol. The number of alkyl halides is 3. The maximum atomic E-state index is 13.3. The molecule has 0 bridgehead atoms. The Kier molecular flexibility index (Phi) is 11.2. The molecule has 1 amide bonds. The number of carbonyl (C=O) groups excluding carboxylic acids is 2. The summed E-state index contributed by atoms with van der Waals surface area (Å²) in [5.74, 6) is -0.396. The van der Waals surface area contributed by atoms with Gasteiger partial charge in [0.15, 0.2) is 5.17 Å². The van der Waals surface area contributed by atoms with Crippen LogP contribution in [0.3, 0.4) is 0 Å². The van der Waals surface area contributed by atoms with Gasteiger partial charge in [0.05, 0.1) is 30.1 Å². The largest absolute Gasteiger partial charge is 0.573 e. The van der Waals surface area contributed by atoms with Crippen LogP contribution in [-0.2, 0) is 23.1 Å². The molecule has 0 fully saturated rings. The van der Waals surface area contributed by atoms with E-state index >= 15 is 0 Å². The Balaban J connectivity index is 1.32. The normalized spacial score (nSPS) is 13.5. The zero-order valence-electron chi connectivity index (χ0n) is 29.3. The summed E-state index contributed by atoms with van der Waals surface area (Å²) >= 11 is 1.23. The molecule has 51 heavy (non-hydrogen) atoms. The number of rotatable bonds is 10. The summed E-state index contributed by atoms with van der Waals surface area (Å²) in [4.78, 5) is 31.7. The van der Waals surface area contributed by atoms with E-state index in [0.717, 1.165) is 39.6 Å². The Morgan fingerprint density at radius 3 is 2.45 bits per heavy atom. The first-order chi connectivity index (χ1) is 24.1. The summed E-state index contributed by atoms with van der Waals surface area (Å²) in [5, 5.41) is 9.54. The average molecular weight is 721 g/mol. The third-order valence-electron chi connectivity index (χ3n) is 8.07. The number of nitrogens with one attached hydrogen (secondary N) is 1. The van der Waals surface area contributed by atoms with Crippen LogP contribution in [-0.4, -0.2) is 45.3 Å². The molecule has 1 aliphatic rings. The Labute approximate surface area is 298 Å². The van der Waals surface area contributed by atoms with E-state index in [9.17, 15) is 22.8 Å². The number of aliphatic imine (C=N–C) groups is 1. The quantitative estimate of drug-likeness (QED) is 0.0576. The van der Waals surface area contributed by atoms with Gasteiger partial charge in [0.2, 0.25) is 0 Å². The molecule has 2 heterocycles. The number of aryl methyl sites for hydroxylation is 2. The Bertz CT molecular complexity index is 1990. The molecule has 5 rings (SSSR count). The van der Waals surface area contributed by atoms with Gasteiger partial charge in [-0.3, -0.25) is 24.6 Å². The summed E-state index contributed by atoms with van der Waals surface area (Å²) in [6.07, 6.45) is -3.18. The number of nitrogens with zero attached hydrogens (tertiary/aromatic N) is 5. The number of anilines is 1. The van der Waals surface area contributed by atoms with E-state index < -0.39 is 6.36 Å². The highest BCUT2D eigenvalue weighted by atomic mass is 32.2. The van der Waals surface area contributed by atoms with E-state index in [-0.39, 0.29) is 41.9 Å². The molecule has 3 aromatic carbocycles. The number of hydrogen-bond donors (Lipinski definition) is 1. The maximum Gasteiger partial charge on any atom is 0.573 e. The highest BCUT2D eigenvalue weighted by Gasteiger charge is 2.35. The van der Waals surface area contributed by atoms with Gasteiger partial charge in [-0.15, -0.1) is 13.2 Å². The average Bonchev–Trinajstić information content (AvgIpc) is 3.53. The number of hydrogen-bond acceptors (Lipinski definition) is 8. The molecule has 14 heteroatoms. The number of aromatic nitrogens is 2. The molecule has 0 saturated carbocycles. The molecular formula is C37H39F3N6O4S. The lowest BCUT2D eigenvalue weighted by molar-refractivity contribution is -0.274. The standard InChI is InChI=1S/C37H39F3N6O4S/c1-21(2)29-14-8-23(5)16-31(29)42-36(51-20-49-35(48)22(3)4)43-41-18-25-9-11-26(12-10-25)32-24(6)33(45(7)44-32)46-19-27-17-28(50-37(38,39)40)13-15-30(27)34(46)47/h8-18,21-22H,19-20H2,1-7H3,(H,42,43)/b41-18+. The number of benzene rings is 3. The SMILES string of the molecule is Cc1ccc(C(C)C)c(N=C(N/N=C/c2ccc(-c3nn(C)c(N4Cc5cc(OC(F)(F)F)ccc5C4=O)c3C)cc2)SCOC(=O)C(C)C)c1. The monoisotopic (exact) mass is 720 g/mol. The van der Waals surface area contributed by atoms with Crippen molar-refractivity contribution < 1.29 is 32.2 Å². The van der Waals surface area contributed by atoms with E-state index in [0.29, 0.717) is 27.8 Å². The van der Waals surface area contributed by atoms with Crippen molar-refractivity contribution >= 4 is 46.5 Å². The van der Waals surface area contributed by atoms with E-state index in [4.69, 9.17) is 9.73 Å². The second-order valence-corrected chi connectivity index (χ2v) is 13.6. The van der Waals surface area contributed by atoms with Gasteiger partial charge in [0, 0.05) is 23.7 Å². The Morgan fingerprint density at radius 1 is 1.06 bits per heavy atom. The number of thioether (sulfide) groups is 1. The summed E-state index contributed by atoms with van der Waals surface area (Å²) in [6, 6.07) is 17.4. The van der Waals surface area contributed by atoms with Crippen LogP contribution in [0.2, 0.25) is 0 Å². The highest BCUT2D eigenvalue weighted by molar-refractivity contribution is 8.13. The third kappa shape index (κ3) is 8.98. The smallest absolute Gasteiger partial charge is 0.454 e. The first-order valence-corrected chi connectivity index (χ1v) is 17.2. The van der Waals surface area contributed by atoms with Crippen molar-refractivity contribution in [1.82, 2.24) is 15.2 Å². The van der Waals surface area contributed by atoms with Crippen LogP contribution in [0.4, 0.5) is 24.7 Å². The van der Waals surface area contributed by atoms with Gasteiger partial charge < -0.3 is 9.47 Å². The topological polar surface area (TPSA) is 110 Å². The molecule has 1 aliphatic heterocycles. The van der Waals surface area contributed by atoms with Crippen molar-refractivity contribution in [2.45, 2.75) is 60.4 Å². The highest BCUT2D eigenvalue weighted by Crippen LogP contribution is 2.37. The lowest BCUT2D eigenvalue weighted by Gasteiger charge is -2.17. The van der Waals surface area contributed by atoms with Crippen LogP contribution in [0, 0.1) is 19.8 Å². The molecule has 0 aliphatic carbocycles. The molecule has 0 spiro atoms. The molecule has 268 valence electrons. The number of hydrazone groups is 1. The molecule has 0 radical (unpaired) electrons. The van der Waals surface area contributed by atoms with E-state index in [1.54, 1.807) is 31.8 Å². The number of ether oxygens (including phenoxy) is 2. The van der Waals surface area contributed by atoms with Crippen molar-refractivity contribution in [2.75, 3.05) is 10.8 Å². The molecule has 1 aromatic heterocycles. The second-order valence-electron chi connectivity index (χ2n) is 12.7. The van der Waals surface area contributed by atoms with Crippen LogP contribution in [0.15, 0.2) is 70.8 Å². The van der Waals surface area contributed by atoms with Gasteiger partial charge in [-0.1, -0.05) is 64.1 Å². The van der Waals surface area contributed by atoms with Crippen molar-refractivity contribution in [2.24, 2.45) is 23.1 Å². The number of carbonyl (C=O) groups is 2. The van der Waals surface area contributed by atoms with Gasteiger partial charge in [0.1, 0.15) is 17.5 Å². The summed E-state index contributed by atoms with van der Waals surface area (Å²) in [7, 11) is 1.72. The molecule has 0 atom stereocenters. The van der Waals surface area contributed by atoms with E-state index in [1.807, 2.05) is 44.2 Å². The predicted octanol–water partition coefficient (Wildman–Crippen LogP) is 8.39. The minimum atomic E-state index is -4.83. The number of amides is 1. The van der Waals surface area contributed by atoms with Crippen LogP contribution in [0.25, 0.3) is 11.3 Å². The lowest BCUT2D eigenvalue weighted by Crippen LogP contribution is -2.26. The van der Waals surface area contributed by atoms with E-state index in [1.165, 1.54) is 28.8 Å². The van der Waals surface area contributed by atoms with Gasteiger partial charge in [-0.25, -0.2) is 4.99 Å². The zero-order chi connectivity index (χ0) is 37.0. The first kappa shape index (κ1) is 37.2. The molecule has 4 aromatic rings. The minimum absolute atomic E-state index is 0.0733. The van der Waals surface area contributed by atoms with Gasteiger partial charge in [-0.2, -0.15) is 10.2 Å². The second kappa shape index (κ2) is 15.4. The van der Waals surface area contributed by atoms with Crippen molar-refractivity contribution in [3.05, 3.63) is 94.0 Å². The molecule has 0 unspecified atom stereocenters. The fourth-order valence-electron chi connectivity index (χ4n) is 5.57. The van der Waals surface area contributed by atoms with E-state index in [2.05, 4.69) is 46.3 Å². The summed E-state index contributed by atoms with van der Waals surface area (Å²) < 4.78 is 49.3. The van der Waals surface area contributed by atoms with Crippen molar-refractivity contribution in [1.29, 1.82) is 0 Å². The summed E-state index contributed by atoms with van der Waals surface area (Å²) in [5.41, 5.74) is 9.68. The number of amidine groups is 1. The van der Waals surface area contributed by atoms with Crippen LogP contribution < -0.4 is 15.1 Å².